The predicted octanol–water partition coefficient (Wildman–Crippen LogP) is 3.58. The number of carbonyl (C=O) groups excluding carboxylic acids is 1. The van der Waals surface area contributed by atoms with Crippen LogP contribution in [-0.4, -0.2) is 22.7 Å². The molecule has 1 heterocycles. The second-order valence-electron chi connectivity index (χ2n) is 5.24. The van der Waals surface area contributed by atoms with Crippen LogP contribution >= 0.6 is 22.9 Å². The van der Waals surface area contributed by atoms with Crippen molar-refractivity contribution in [2.24, 2.45) is 0 Å². The van der Waals surface area contributed by atoms with Crippen LogP contribution in [0.2, 0.25) is 5.02 Å². The average molecular weight is 316 g/mol. The molecule has 6 heteroatoms. The van der Waals surface area contributed by atoms with E-state index in [1.165, 1.54) is 12.1 Å². The number of hydrogen-bond donors (Lipinski definition) is 2. The van der Waals surface area contributed by atoms with E-state index in [1.807, 2.05) is 0 Å². The van der Waals surface area contributed by atoms with Crippen molar-refractivity contribution in [1.82, 2.24) is 5.32 Å². The summed E-state index contributed by atoms with van der Waals surface area (Å²) in [7, 11) is 0. The number of amides is 1. The van der Waals surface area contributed by atoms with E-state index in [0.717, 1.165) is 11.3 Å². The Morgan fingerprint density at radius 2 is 2.15 bits per heavy atom. The van der Waals surface area contributed by atoms with Gasteiger partial charge in [-0.1, -0.05) is 11.6 Å². The highest BCUT2D eigenvalue weighted by Crippen LogP contribution is 2.35. The Kier molecular flexibility index (Phi) is 4.04. The molecule has 0 saturated heterocycles. The van der Waals surface area contributed by atoms with E-state index in [4.69, 9.17) is 11.6 Å². The maximum atomic E-state index is 13.2. The molecule has 1 aromatic carbocycles. The fourth-order valence-electron chi connectivity index (χ4n) is 1.64. The number of aliphatic hydroxyl groups is 1. The van der Waals surface area contributed by atoms with Gasteiger partial charge in [-0.15, -0.1) is 11.3 Å². The molecule has 3 nitrogen and oxygen atoms in total. The fraction of sp³-hybridized carbons (Fsp3) is 0.357. The Labute approximate surface area is 125 Å². The van der Waals surface area contributed by atoms with Crippen molar-refractivity contribution in [1.29, 1.82) is 0 Å². The maximum Gasteiger partial charge on any atom is 0.263 e. The van der Waals surface area contributed by atoms with Crippen LogP contribution in [0.5, 0.6) is 0 Å². The summed E-state index contributed by atoms with van der Waals surface area (Å²) in [4.78, 5) is 12.6. The number of fused-ring (bicyclic) bond motifs is 1. The minimum Gasteiger partial charge on any atom is -0.391 e. The number of thiophene rings is 1. The van der Waals surface area contributed by atoms with Crippen LogP contribution in [0.1, 0.15) is 30.4 Å². The molecule has 1 aromatic heterocycles. The molecule has 0 spiro atoms. The molecule has 0 saturated carbocycles. The molecule has 108 valence electrons. The molecule has 2 rings (SSSR count). The highest BCUT2D eigenvalue weighted by Gasteiger charge is 2.28. The molecular weight excluding hydrogens is 301 g/mol. The van der Waals surface area contributed by atoms with Gasteiger partial charge in [-0.25, -0.2) is 4.39 Å². The van der Waals surface area contributed by atoms with Gasteiger partial charge >= 0.3 is 0 Å². The van der Waals surface area contributed by atoms with Gasteiger partial charge in [-0.3, -0.25) is 4.79 Å². The van der Waals surface area contributed by atoms with Crippen molar-refractivity contribution < 1.29 is 14.3 Å². The van der Waals surface area contributed by atoms with Gasteiger partial charge in [0.05, 0.1) is 16.7 Å². The highest BCUT2D eigenvalue weighted by atomic mass is 35.5. The summed E-state index contributed by atoms with van der Waals surface area (Å²) in [5, 5.41) is 13.3. The second-order valence-corrected chi connectivity index (χ2v) is 6.67. The van der Waals surface area contributed by atoms with Gasteiger partial charge in [-0.05, 0) is 39.0 Å². The summed E-state index contributed by atoms with van der Waals surface area (Å²) < 4.78 is 13.8. The first-order valence-corrected chi connectivity index (χ1v) is 7.30. The van der Waals surface area contributed by atoms with Gasteiger partial charge in [0, 0.05) is 10.1 Å². The summed E-state index contributed by atoms with van der Waals surface area (Å²) in [6.45, 7) is 5.04. The fourth-order valence-corrected chi connectivity index (χ4v) is 3.08. The Bertz CT molecular complexity index is 666. The first-order valence-electron chi connectivity index (χ1n) is 6.10. The minimum atomic E-state index is -0.776. The van der Waals surface area contributed by atoms with Crippen molar-refractivity contribution in [3.05, 3.63) is 33.9 Å². The zero-order valence-electron chi connectivity index (χ0n) is 11.3. The molecule has 1 amide bonds. The summed E-state index contributed by atoms with van der Waals surface area (Å²) in [5.74, 6) is -0.741. The van der Waals surface area contributed by atoms with Crippen LogP contribution in [-0.2, 0) is 0 Å². The van der Waals surface area contributed by atoms with Gasteiger partial charge in [-0.2, -0.15) is 0 Å². The Balaban J connectivity index is 2.38. The number of aliphatic hydroxyl groups excluding tert-OH is 1. The average Bonchev–Trinajstić information content (AvgIpc) is 2.65. The third-order valence-corrected chi connectivity index (χ3v) is 4.93. The lowest BCUT2D eigenvalue weighted by Crippen LogP contribution is -2.50. The number of halogens is 2. The molecule has 0 radical (unpaired) electrons. The van der Waals surface area contributed by atoms with Gasteiger partial charge in [0.15, 0.2) is 0 Å². The smallest absolute Gasteiger partial charge is 0.263 e. The van der Waals surface area contributed by atoms with E-state index in [9.17, 15) is 14.3 Å². The molecule has 1 unspecified atom stereocenters. The maximum absolute atomic E-state index is 13.2. The lowest BCUT2D eigenvalue weighted by Gasteiger charge is -2.29. The number of benzene rings is 1. The van der Waals surface area contributed by atoms with E-state index in [2.05, 4.69) is 5.32 Å². The van der Waals surface area contributed by atoms with Gasteiger partial charge in [0.2, 0.25) is 0 Å². The van der Waals surface area contributed by atoms with Crippen LogP contribution in [0.15, 0.2) is 18.2 Å². The minimum absolute atomic E-state index is 0.309. The normalized spacial score (nSPS) is 13.5. The lowest BCUT2D eigenvalue weighted by molar-refractivity contribution is 0.0713. The van der Waals surface area contributed by atoms with E-state index in [1.54, 1.807) is 26.8 Å². The third-order valence-electron chi connectivity index (χ3n) is 3.28. The van der Waals surface area contributed by atoms with E-state index in [-0.39, 0.29) is 11.7 Å². The first kappa shape index (κ1) is 15.2. The summed E-state index contributed by atoms with van der Waals surface area (Å²) >= 11 is 7.31. The standard InChI is InChI=1S/C14H15ClFNO2S/c1-7(18)14(2,3)17-13(19)12-11(15)9-5-4-8(16)6-10(9)20-12/h4-7,18H,1-3H3,(H,17,19). The Morgan fingerprint density at radius 3 is 2.75 bits per heavy atom. The number of hydrogen-bond acceptors (Lipinski definition) is 3. The number of nitrogens with one attached hydrogen (secondary N) is 1. The number of carbonyl (C=O) groups is 1. The third kappa shape index (κ3) is 2.80. The lowest BCUT2D eigenvalue weighted by atomic mass is 9.99. The van der Waals surface area contributed by atoms with Crippen molar-refractivity contribution in [2.75, 3.05) is 0 Å². The van der Waals surface area contributed by atoms with Gasteiger partial charge in [0.25, 0.3) is 5.91 Å². The SMILES string of the molecule is CC(O)C(C)(C)NC(=O)c1sc2cc(F)ccc2c1Cl. The molecule has 2 N–H and O–H groups in total. The Morgan fingerprint density at radius 1 is 1.50 bits per heavy atom. The van der Waals surface area contributed by atoms with Gasteiger partial charge in [0.1, 0.15) is 10.7 Å². The first-order chi connectivity index (χ1) is 9.22. The molecule has 1 atom stereocenters. The topological polar surface area (TPSA) is 49.3 Å². The molecule has 0 aliphatic carbocycles. The predicted molar refractivity (Wildman–Crippen MR) is 80.0 cm³/mol. The van der Waals surface area contributed by atoms with Crippen LogP contribution in [0.25, 0.3) is 10.1 Å². The quantitative estimate of drug-likeness (QED) is 0.909. The summed E-state index contributed by atoms with van der Waals surface area (Å²) in [6, 6.07) is 4.21. The monoisotopic (exact) mass is 315 g/mol. The van der Waals surface area contributed by atoms with E-state index >= 15 is 0 Å². The van der Waals surface area contributed by atoms with E-state index < -0.39 is 11.6 Å². The van der Waals surface area contributed by atoms with Crippen LogP contribution in [0, 0.1) is 5.82 Å². The second kappa shape index (κ2) is 5.31. The van der Waals surface area contributed by atoms with Crippen LogP contribution in [0.3, 0.4) is 0 Å². The molecular formula is C14H15ClFNO2S. The number of rotatable bonds is 3. The zero-order valence-corrected chi connectivity index (χ0v) is 12.9. The van der Waals surface area contributed by atoms with Crippen molar-refractivity contribution >= 4 is 38.9 Å². The molecule has 0 aliphatic heterocycles. The molecule has 2 aromatic rings. The molecule has 20 heavy (non-hydrogen) atoms. The van der Waals surface area contributed by atoms with E-state index in [0.29, 0.717) is 20.0 Å². The Hall–Kier alpha value is -1.17. The van der Waals surface area contributed by atoms with Gasteiger partial charge < -0.3 is 10.4 Å². The van der Waals surface area contributed by atoms with Crippen molar-refractivity contribution in [3.63, 3.8) is 0 Å². The molecule has 0 aliphatic rings. The van der Waals surface area contributed by atoms with Crippen LogP contribution < -0.4 is 5.32 Å². The summed E-state index contributed by atoms with van der Waals surface area (Å²) in [6.07, 6.45) is -0.711. The van der Waals surface area contributed by atoms with Crippen molar-refractivity contribution in [2.45, 2.75) is 32.4 Å². The summed E-state index contributed by atoms with van der Waals surface area (Å²) in [5.41, 5.74) is -0.776. The molecule has 0 bridgehead atoms. The largest absolute Gasteiger partial charge is 0.391 e. The highest BCUT2D eigenvalue weighted by molar-refractivity contribution is 7.21. The van der Waals surface area contributed by atoms with Crippen LogP contribution in [0.4, 0.5) is 4.39 Å². The molecule has 0 fully saturated rings. The van der Waals surface area contributed by atoms with Crippen molar-refractivity contribution in [3.8, 4) is 0 Å². The zero-order chi connectivity index (χ0) is 15.1.